The van der Waals surface area contributed by atoms with Crippen LogP contribution in [0.4, 0.5) is 39.9 Å². The molecule has 240 valence electrons. The monoisotopic (exact) mass is 652 g/mol. The molecule has 2 atom stereocenters. The van der Waals surface area contributed by atoms with Gasteiger partial charge in [-0.05, 0) is 69.0 Å². The highest BCUT2D eigenvalue weighted by Crippen LogP contribution is 2.58. The van der Waals surface area contributed by atoms with Crippen molar-refractivity contribution in [3.63, 3.8) is 0 Å². The van der Waals surface area contributed by atoms with Gasteiger partial charge in [-0.3, -0.25) is 9.78 Å². The fraction of sp³-hybridized carbons (Fsp3) is 0.536. The molecule has 2 fully saturated rings. The number of thioether (sulfide) groups is 1. The third-order valence-corrected chi connectivity index (χ3v) is 9.66. The Labute approximate surface area is 251 Å². The van der Waals surface area contributed by atoms with Crippen molar-refractivity contribution in [1.29, 1.82) is 0 Å². The minimum atomic E-state index is -6.33. The van der Waals surface area contributed by atoms with Gasteiger partial charge in [0.15, 0.2) is 0 Å². The number of fused-ring (bicyclic) bond motifs is 3. The number of carbonyl (C=O) groups is 2. The Balaban J connectivity index is 1.57. The highest BCUT2D eigenvalue weighted by molar-refractivity contribution is 8.00. The van der Waals surface area contributed by atoms with Crippen molar-refractivity contribution >= 4 is 23.7 Å². The quantitative estimate of drug-likeness (QED) is 0.410. The molecule has 0 saturated carbocycles. The highest BCUT2D eigenvalue weighted by atomic mass is 32.2. The van der Waals surface area contributed by atoms with Gasteiger partial charge in [-0.25, -0.2) is 23.6 Å². The summed E-state index contributed by atoms with van der Waals surface area (Å²) in [4.78, 5) is 32.1. The first-order valence-corrected chi connectivity index (χ1v) is 14.5. The Kier molecular flexibility index (Phi) is 7.87. The van der Waals surface area contributed by atoms with Gasteiger partial charge in [0.05, 0.1) is 35.2 Å². The summed E-state index contributed by atoms with van der Waals surface area (Å²) in [6.45, 7) is 2.93. The van der Waals surface area contributed by atoms with Crippen LogP contribution in [-0.4, -0.2) is 80.6 Å². The third-order valence-electron chi connectivity index (χ3n) is 8.09. The molecule has 0 bridgehead atoms. The van der Waals surface area contributed by atoms with Gasteiger partial charge in [-0.15, -0.1) is 11.8 Å². The van der Waals surface area contributed by atoms with Crippen molar-refractivity contribution in [3.05, 3.63) is 59.2 Å². The smallest absolute Gasteiger partial charge is 0.389 e. The van der Waals surface area contributed by atoms with Gasteiger partial charge in [-0.2, -0.15) is 26.3 Å². The molecule has 3 amide bonds. The van der Waals surface area contributed by atoms with E-state index in [0.29, 0.717) is 11.0 Å². The van der Waals surface area contributed by atoms with Crippen LogP contribution >= 0.6 is 11.8 Å². The van der Waals surface area contributed by atoms with E-state index in [-0.39, 0.29) is 62.5 Å². The van der Waals surface area contributed by atoms with Gasteiger partial charge < -0.3 is 10.0 Å². The molecule has 1 aromatic carbocycles. The summed E-state index contributed by atoms with van der Waals surface area (Å²) in [5.74, 6) is -0.910. The zero-order valence-electron chi connectivity index (χ0n) is 23.5. The number of alkyl halides is 7. The number of urea groups is 1. The van der Waals surface area contributed by atoms with E-state index in [1.54, 1.807) is 0 Å². The molecule has 3 heterocycles. The lowest BCUT2D eigenvalue weighted by Gasteiger charge is -2.44. The Morgan fingerprint density at radius 3 is 2.23 bits per heavy atom. The van der Waals surface area contributed by atoms with Crippen LogP contribution in [0.15, 0.2) is 41.3 Å². The Morgan fingerprint density at radius 2 is 1.64 bits per heavy atom. The van der Waals surface area contributed by atoms with Crippen molar-refractivity contribution < 1.29 is 49.8 Å². The normalized spacial score (nSPS) is 22.8. The van der Waals surface area contributed by atoms with Crippen LogP contribution in [0.1, 0.15) is 50.1 Å². The number of hydrogen-bond acceptors (Lipinski definition) is 5. The number of rotatable bonds is 5. The number of likely N-dealkylation sites (tertiary alicyclic amines) is 1. The predicted octanol–water partition coefficient (Wildman–Crippen LogP) is 5.86. The van der Waals surface area contributed by atoms with Crippen LogP contribution in [0.2, 0.25) is 0 Å². The third kappa shape index (κ3) is 5.37. The maximum absolute atomic E-state index is 14.9. The fourth-order valence-electron chi connectivity index (χ4n) is 6.15. The molecule has 0 radical (unpaired) electrons. The lowest BCUT2D eigenvalue weighted by Crippen LogP contribution is -2.56. The molecule has 16 heteroatoms. The van der Waals surface area contributed by atoms with Gasteiger partial charge in [0, 0.05) is 23.6 Å². The summed E-state index contributed by atoms with van der Waals surface area (Å²) in [6, 6.07) is 5.43. The Bertz CT molecular complexity index is 1430. The number of carbonyl (C=O) groups excluding carboxylic acids is 2. The van der Waals surface area contributed by atoms with Crippen LogP contribution < -0.4 is 0 Å². The van der Waals surface area contributed by atoms with Crippen molar-refractivity contribution in [3.8, 4) is 0 Å². The van der Waals surface area contributed by atoms with E-state index in [2.05, 4.69) is 4.98 Å². The summed E-state index contributed by atoms with van der Waals surface area (Å²) in [7, 11) is 0. The zero-order valence-corrected chi connectivity index (χ0v) is 24.3. The lowest BCUT2D eigenvalue weighted by atomic mass is 9.80. The molecule has 2 aliphatic heterocycles. The largest absolute Gasteiger partial charge is 0.437 e. The van der Waals surface area contributed by atoms with E-state index in [9.17, 15) is 49.8 Å². The predicted molar refractivity (Wildman–Crippen MR) is 141 cm³/mol. The summed E-state index contributed by atoms with van der Waals surface area (Å²) in [5, 5.41) is 12.7. The molecule has 1 N–H and O–H groups in total. The number of hydrogen-bond donors (Lipinski definition) is 1. The molecule has 44 heavy (non-hydrogen) atoms. The average Bonchev–Trinajstić information content (AvgIpc) is 3.47. The maximum atomic E-state index is 14.9. The molecule has 0 spiro atoms. The van der Waals surface area contributed by atoms with E-state index >= 15 is 0 Å². The van der Waals surface area contributed by atoms with E-state index in [1.807, 2.05) is 0 Å². The molecule has 1 aliphatic carbocycles. The van der Waals surface area contributed by atoms with Crippen molar-refractivity contribution in [2.45, 2.75) is 78.8 Å². The Morgan fingerprint density at radius 1 is 1.00 bits per heavy atom. The first kappa shape index (κ1) is 32.3. The number of aromatic nitrogens is 1. The number of nitrogens with zero attached hydrogens (tertiary/aromatic N) is 4. The number of pyridine rings is 1. The van der Waals surface area contributed by atoms with Gasteiger partial charge in [0.25, 0.3) is 0 Å². The topological polar surface area (TPSA) is 77.0 Å². The molecule has 2 unspecified atom stereocenters. The summed E-state index contributed by atoms with van der Waals surface area (Å²) in [5.41, 5.74) is -8.79. The number of aliphatic hydroxyl groups is 1. The number of hydrazine groups is 1. The first-order chi connectivity index (χ1) is 20.3. The van der Waals surface area contributed by atoms with Crippen LogP contribution in [0.3, 0.4) is 0 Å². The summed E-state index contributed by atoms with van der Waals surface area (Å²) >= 11 is 1.16. The number of halogens is 8. The second-order valence-corrected chi connectivity index (χ2v) is 13.1. The molecule has 7 nitrogen and oxygen atoms in total. The highest BCUT2D eigenvalue weighted by Gasteiger charge is 2.74. The van der Waals surface area contributed by atoms with Crippen molar-refractivity contribution in [2.75, 3.05) is 19.6 Å². The standard InChI is InChI=1S/C28H28F8N4O3S/c1-24(2,43)15-40-22(41)11-13-39(40)23(42)38-14-12-25(44-17-5-3-16(29)4-6-17)18-7-9-20(37-19(18)8-10-21(25)38)26(30,27(31,32)33)28(34,35)36/h3-7,9,21,43H,8,10-15H2,1-2H3. The molecule has 5 rings (SSSR count). The van der Waals surface area contributed by atoms with Crippen molar-refractivity contribution in [2.24, 2.45) is 0 Å². The molecule has 1 aromatic heterocycles. The van der Waals surface area contributed by atoms with Gasteiger partial charge in [0.2, 0.25) is 5.91 Å². The average molecular weight is 653 g/mol. The van der Waals surface area contributed by atoms with Crippen molar-refractivity contribution in [1.82, 2.24) is 19.9 Å². The van der Waals surface area contributed by atoms with Crippen LogP contribution in [0.25, 0.3) is 0 Å². The summed E-state index contributed by atoms with van der Waals surface area (Å²) in [6.07, 6.45) is -12.6. The first-order valence-electron chi connectivity index (χ1n) is 13.7. The molecular formula is C28H28F8N4O3S. The molecule has 2 saturated heterocycles. The molecule has 3 aliphatic rings. The van der Waals surface area contributed by atoms with Gasteiger partial charge in [-0.1, -0.05) is 6.07 Å². The number of benzene rings is 1. The van der Waals surface area contributed by atoms with Crippen LogP contribution in [-0.2, 0) is 21.6 Å². The molecule has 2 aromatic rings. The summed E-state index contributed by atoms with van der Waals surface area (Å²) < 4.78 is 109. The second kappa shape index (κ2) is 10.7. The number of aryl methyl sites for hydroxylation is 1. The second-order valence-electron chi connectivity index (χ2n) is 11.7. The van der Waals surface area contributed by atoms with Crippen LogP contribution in [0.5, 0.6) is 0 Å². The fourth-order valence-corrected chi connectivity index (χ4v) is 7.71. The zero-order chi connectivity index (χ0) is 32.5. The van der Waals surface area contributed by atoms with E-state index in [1.165, 1.54) is 48.0 Å². The molecular weight excluding hydrogens is 624 g/mol. The minimum Gasteiger partial charge on any atom is -0.389 e. The lowest BCUT2D eigenvalue weighted by molar-refractivity contribution is -0.350. The number of β-amino-alcohol motifs (C(OH)–C–C–N with tert-alkyl or cyclic N) is 1. The maximum Gasteiger partial charge on any atom is 0.437 e. The van der Waals surface area contributed by atoms with E-state index in [0.717, 1.165) is 22.8 Å². The van der Waals surface area contributed by atoms with E-state index in [4.69, 9.17) is 0 Å². The van der Waals surface area contributed by atoms with Crippen LogP contribution in [0, 0.1) is 5.82 Å². The van der Waals surface area contributed by atoms with Gasteiger partial charge >= 0.3 is 24.1 Å². The Hall–Kier alpha value is -3.14. The minimum absolute atomic E-state index is 0.0225. The number of amides is 3. The van der Waals surface area contributed by atoms with E-state index < -0.39 is 52.0 Å². The SMILES string of the molecule is CC(C)(O)CN1C(=O)CCN1C(=O)N1CCC2(Sc3ccc(F)cc3)c3ccc(C(F)(C(F)(F)F)C(F)(F)F)nc3CCC12. The van der Waals surface area contributed by atoms with Gasteiger partial charge in [0.1, 0.15) is 5.82 Å².